The summed E-state index contributed by atoms with van der Waals surface area (Å²) >= 11 is 0. The summed E-state index contributed by atoms with van der Waals surface area (Å²) in [5.74, 6) is 0. The number of H-pyrrole nitrogens is 2. The summed E-state index contributed by atoms with van der Waals surface area (Å²) in [6.07, 6.45) is 8.61. The van der Waals surface area contributed by atoms with E-state index >= 15 is 0 Å². The van der Waals surface area contributed by atoms with Gasteiger partial charge in [0.1, 0.15) is 0 Å². The minimum Gasteiger partial charge on any atom is -0.354 e. The van der Waals surface area contributed by atoms with Gasteiger partial charge in [0.15, 0.2) is 0 Å². The molecule has 0 spiro atoms. The molecule has 0 saturated heterocycles. The zero-order chi connectivity index (χ0) is 35.3. The molecule has 4 aromatic carbocycles. The molecule has 0 unspecified atom stereocenters. The molecule has 2 aliphatic rings. The van der Waals surface area contributed by atoms with Crippen molar-refractivity contribution < 1.29 is 17.1 Å². The van der Waals surface area contributed by atoms with Crippen molar-refractivity contribution in [2.45, 2.75) is 27.7 Å². The molecule has 1 radical (unpaired) electrons. The molecular formula is C48H38MnN4+2. The van der Waals surface area contributed by atoms with Crippen molar-refractivity contribution >= 4 is 46.4 Å². The Morgan fingerprint density at radius 3 is 0.717 bits per heavy atom. The summed E-state index contributed by atoms with van der Waals surface area (Å²) in [4.78, 5) is 18.5. The van der Waals surface area contributed by atoms with E-state index in [2.05, 4.69) is 183 Å². The van der Waals surface area contributed by atoms with E-state index in [1.807, 2.05) is 0 Å². The van der Waals surface area contributed by atoms with Crippen LogP contribution in [0.2, 0.25) is 0 Å². The van der Waals surface area contributed by atoms with Crippen molar-refractivity contribution in [1.82, 2.24) is 19.9 Å². The van der Waals surface area contributed by atoms with Crippen LogP contribution in [-0.4, -0.2) is 19.9 Å². The molecule has 0 amide bonds. The molecule has 53 heavy (non-hydrogen) atoms. The predicted octanol–water partition coefficient (Wildman–Crippen LogP) is 12.6. The quantitative estimate of drug-likeness (QED) is 0.178. The van der Waals surface area contributed by atoms with Crippen LogP contribution in [-0.2, 0) is 17.1 Å². The van der Waals surface area contributed by atoms with Crippen molar-refractivity contribution in [3.63, 3.8) is 0 Å². The smallest absolute Gasteiger partial charge is 0.354 e. The summed E-state index contributed by atoms with van der Waals surface area (Å²) in [5.41, 5.74) is 21.1. The van der Waals surface area contributed by atoms with Gasteiger partial charge < -0.3 is 9.97 Å². The van der Waals surface area contributed by atoms with Gasteiger partial charge in [-0.25, -0.2) is 9.97 Å². The van der Waals surface area contributed by atoms with Gasteiger partial charge in [0, 0.05) is 44.3 Å². The number of benzene rings is 4. The van der Waals surface area contributed by atoms with Crippen LogP contribution in [0.15, 0.2) is 121 Å². The second kappa shape index (κ2) is 13.9. The fourth-order valence-electron chi connectivity index (χ4n) is 7.30. The van der Waals surface area contributed by atoms with E-state index in [9.17, 15) is 0 Å². The Morgan fingerprint density at radius 2 is 0.509 bits per heavy atom. The molecule has 0 saturated carbocycles. The topological polar surface area (TPSA) is 57.4 Å². The number of hydrogen-bond acceptors (Lipinski definition) is 2. The Labute approximate surface area is 320 Å². The Morgan fingerprint density at radius 1 is 0.302 bits per heavy atom. The largest absolute Gasteiger partial charge is 2.00 e. The zero-order valence-corrected chi connectivity index (χ0v) is 31.3. The number of hydrogen-bond donors (Lipinski definition) is 2. The van der Waals surface area contributed by atoms with Crippen molar-refractivity contribution in [2.75, 3.05) is 0 Å². The third-order valence-electron chi connectivity index (χ3n) is 10.1. The van der Waals surface area contributed by atoms with Gasteiger partial charge in [0.25, 0.3) is 0 Å². The second-order valence-electron chi connectivity index (χ2n) is 14.0. The number of aromatic amines is 2. The van der Waals surface area contributed by atoms with E-state index < -0.39 is 0 Å². The summed E-state index contributed by atoms with van der Waals surface area (Å²) in [7, 11) is 0. The van der Waals surface area contributed by atoms with Crippen LogP contribution in [0.25, 0.3) is 90.9 Å². The molecule has 0 aliphatic carbocycles. The van der Waals surface area contributed by atoms with E-state index in [0.29, 0.717) is 0 Å². The van der Waals surface area contributed by atoms with E-state index in [1.54, 1.807) is 0 Å². The normalized spacial score (nSPS) is 11.8. The van der Waals surface area contributed by atoms with Gasteiger partial charge in [-0.05, 0) is 98.5 Å². The Kier molecular flexibility index (Phi) is 8.91. The van der Waals surface area contributed by atoms with Crippen molar-refractivity contribution in [3.8, 4) is 44.5 Å². The van der Waals surface area contributed by atoms with Crippen molar-refractivity contribution in [3.05, 3.63) is 166 Å². The van der Waals surface area contributed by atoms with Crippen LogP contribution in [0.4, 0.5) is 0 Å². The fraction of sp³-hybridized carbons (Fsp3) is 0.0833. The Balaban J connectivity index is 0.00000400. The van der Waals surface area contributed by atoms with Gasteiger partial charge in [-0.1, -0.05) is 119 Å². The van der Waals surface area contributed by atoms with Crippen LogP contribution in [0.5, 0.6) is 0 Å². The van der Waals surface area contributed by atoms with E-state index in [4.69, 9.17) is 9.97 Å². The maximum Gasteiger partial charge on any atom is 2.00 e. The monoisotopic (exact) mass is 725 g/mol. The summed E-state index contributed by atoms with van der Waals surface area (Å²) in [6.45, 7) is 8.49. The van der Waals surface area contributed by atoms with Crippen LogP contribution < -0.4 is 0 Å². The molecule has 5 heteroatoms. The second-order valence-corrected chi connectivity index (χ2v) is 14.0. The summed E-state index contributed by atoms with van der Waals surface area (Å²) < 4.78 is 0. The predicted molar refractivity (Wildman–Crippen MR) is 220 cm³/mol. The van der Waals surface area contributed by atoms with Crippen LogP contribution in [0.1, 0.15) is 45.0 Å². The number of aromatic nitrogens is 4. The van der Waals surface area contributed by atoms with Gasteiger partial charge >= 0.3 is 17.1 Å². The van der Waals surface area contributed by atoms with Gasteiger partial charge in [0.2, 0.25) is 0 Å². The van der Waals surface area contributed by atoms with Crippen LogP contribution >= 0.6 is 0 Å². The molecule has 3 aromatic heterocycles. The van der Waals surface area contributed by atoms with Gasteiger partial charge in [-0.3, -0.25) is 0 Å². The Bertz CT molecular complexity index is 2350. The number of nitrogens with one attached hydrogen (secondary N) is 2. The first-order valence-electron chi connectivity index (χ1n) is 17.8. The number of aryl methyl sites for hydroxylation is 4. The molecule has 0 atom stereocenters. The zero-order valence-electron chi connectivity index (χ0n) is 30.1. The first-order valence-corrected chi connectivity index (χ1v) is 17.8. The Hall–Kier alpha value is -6.00. The molecular weight excluding hydrogens is 687 g/mol. The molecule has 2 aliphatic heterocycles. The number of rotatable bonds is 4. The van der Waals surface area contributed by atoms with Gasteiger partial charge in [-0.15, -0.1) is 0 Å². The minimum absolute atomic E-state index is 0. The molecule has 5 heterocycles. The molecule has 9 rings (SSSR count). The molecule has 255 valence electrons. The molecule has 8 bridgehead atoms. The third-order valence-corrected chi connectivity index (χ3v) is 10.1. The van der Waals surface area contributed by atoms with Gasteiger partial charge in [-0.2, -0.15) is 0 Å². The van der Waals surface area contributed by atoms with Crippen LogP contribution in [0, 0.1) is 27.7 Å². The fourth-order valence-corrected chi connectivity index (χ4v) is 7.30. The molecule has 7 aromatic rings. The van der Waals surface area contributed by atoms with E-state index in [1.165, 1.54) is 22.3 Å². The summed E-state index contributed by atoms with van der Waals surface area (Å²) in [5, 5.41) is 0. The van der Waals surface area contributed by atoms with Crippen molar-refractivity contribution in [2.24, 2.45) is 0 Å². The maximum absolute atomic E-state index is 5.41. The number of nitrogens with zero attached hydrogens (tertiary/aromatic N) is 2. The molecule has 4 nitrogen and oxygen atoms in total. The van der Waals surface area contributed by atoms with Crippen molar-refractivity contribution in [1.29, 1.82) is 0 Å². The SMILES string of the molecule is Cc1ccc(-c2c3nc(c(-c4ccc(C)cc4)c4ccc([nH]4)c(-c4ccc(C)cc4)c4nc(c(-c5ccc(C)cc5)c5ccc2[nH]5)C=C4)C=C3)cc1.[Mn+2]. The standard InChI is InChI=1S/C48H38N4.Mn/c1-29-5-13-33(14-6-29)45-37-21-23-39(49-37)46(34-15-7-30(2)8-16-34)41-25-27-43(51-41)48(36-19-11-32(4)12-20-36)44-28-26-42(52-44)47(40-24-22-38(45)50-40)35-17-9-31(3)10-18-35;/h5-28,49,52H,1-4H3;/q;+2. The van der Waals surface area contributed by atoms with Crippen LogP contribution in [0.3, 0.4) is 0 Å². The molecule has 0 fully saturated rings. The minimum atomic E-state index is 0. The number of fused-ring (bicyclic) bond motifs is 8. The van der Waals surface area contributed by atoms with Gasteiger partial charge in [0.05, 0.1) is 22.8 Å². The molecule has 2 N–H and O–H groups in total. The maximum atomic E-state index is 5.41. The summed E-state index contributed by atoms with van der Waals surface area (Å²) in [6, 6.07) is 43.6. The van der Waals surface area contributed by atoms with E-state index in [0.717, 1.165) is 89.4 Å². The first kappa shape index (κ1) is 34.1. The van der Waals surface area contributed by atoms with E-state index in [-0.39, 0.29) is 17.1 Å². The first-order chi connectivity index (χ1) is 25.4. The average Bonchev–Trinajstić information content (AvgIpc) is 3.99. The third kappa shape index (κ3) is 6.40. The average molecular weight is 726 g/mol.